The van der Waals surface area contributed by atoms with E-state index in [2.05, 4.69) is 21.4 Å². The third-order valence-electron chi connectivity index (χ3n) is 1.04. The van der Waals surface area contributed by atoms with Gasteiger partial charge in [-0.15, -0.1) is 0 Å². The van der Waals surface area contributed by atoms with E-state index < -0.39 is 0 Å². The summed E-state index contributed by atoms with van der Waals surface area (Å²) in [5.41, 5.74) is 2.87. The van der Waals surface area contributed by atoms with E-state index in [4.69, 9.17) is 0 Å². The van der Waals surface area contributed by atoms with Crippen molar-refractivity contribution >= 4 is 22.3 Å². The summed E-state index contributed by atoms with van der Waals surface area (Å²) in [6.07, 6.45) is 0.793. The number of carbonyl (C=O) groups is 1. The lowest BCUT2D eigenvalue weighted by Crippen LogP contribution is -2.28. The number of hydrogen-bond donors (Lipinski definition) is 1. The predicted octanol–water partition coefficient (Wildman–Crippen LogP) is -0.274. The van der Waals surface area contributed by atoms with E-state index in [9.17, 15) is 4.79 Å². The zero-order chi connectivity index (χ0) is 5.98. The normalized spacial score (nSPS) is 28.6. The van der Waals surface area contributed by atoms with Gasteiger partial charge in [-0.25, -0.2) is 5.43 Å². The van der Waals surface area contributed by atoms with Gasteiger partial charge in [0, 0.05) is 11.4 Å². The van der Waals surface area contributed by atoms with Gasteiger partial charge in [-0.2, -0.15) is 0 Å². The standard InChI is InChI=1S/C4H7BrN2O/c5-4-1-6-7(2-4)3-8/h3-4,6H,1-2H2. The summed E-state index contributed by atoms with van der Waals surface area (Å²) < 4.78 is 0. The number of halogens is 1. The number of hydrazine groups is 1. The summed E-state index contributed by atoms with van der Waals surface area (Å²) in [5.74, 6) is 0. The Morgan fingerprint density at radius 1 is 1.88 bits per heavy atom. The molecule has 1 fully saturated rings. The lowest BCUT2D eigenvalue weighted by molar-refractivity contribution is -0.119. The molecule has 1 atom stereocenters. The Balaban J connectivity index is 2.32. The lowest BCUT2D eigenvalue weighted by Gasteiger charge is -2.04. The van der Waals surface area contributed by atoms with Gasteiger partial charge >= 0.3 is 0 Å². The predicted molar refractivity (Wildman–Crippen MR) is 33.5 cm³/mol. The van der Waals surface area contributed by atoms with Crippen molar-refractivity contribution in [1.29, 1.82) is 0 Å². The third kappa shape index (κ3) is 1.20. The second-order valence-electron chi connectivity index (χ2n) is 1.72. The zero-order valence-corrected chi connectivity index (χ0v) is 5.89. The van der Waals surface area contributed by atoms with E-state index in [1.165, 1.54) is 5.01 Å². The van der Waals surface area contributed by atoms with Crippen LogP contribution in [0, 0.1) is 0 Å². The fraction of sp³-hybridized carbons (Fsp3) is 0.750. The van der Waals surface area contributed by atoms with Crippen LogP contribution in [0.1, 0.15) is 0 Å². The third-order valence-corrected chi connectivity index (χ3v) is 1.65. The molecule has 0 radical (unpaired) electrons. The van der Waals surface area contributed by atoms with Gasteiger partial charge in [-0.05, 0) is 0 Å². The number of carbonyl (C=O) groups excluding carboxylic acids is 1. The van der Waals surface area contributed by atoms with Crippen molar-refractivity contribution in [3.63, 3.8) is 0 Å². The van der Waals surface area contributed by atoms with E-state index in [1.807, 2.05) is 0 Å². The Morgan fingerprint density at radius 3 is 2.88 bits per heavy atom. The number of nitrogens with zero attached hydrogens (tertiary/aromatic N) is 1. The quantitative estimate of drug-likeness (QED) is 0.443. The molecule has 0 aromatic carbocycles. The Bertz CT molecular complexity index is 98.0. The summed E-state index contributed by atoms with van der Waals surface area (Å²) in [4.78, 5) is 10.4. The van der Waals surface area contributed by atoms with Crippen molar-refractivity contribution in [2.75, 3.05) is 13.1 Å². The van der Waals surface area contributed by atoms with Gasteiger partial charge in [0.15, 0.2) is 0 Å². The van der Waals surface area contributed by atoms with Crippen LogP contribution in [0.3, 0.4) is 0 Å². The van der Waals surface area contributed by atoms with Crippen LogP contribution in [0.15, 0.2) is 0 Å². The molecule has 1 unspecified atom stereocenters. The highest BCUT2D eigenvalue weighted by atomic mass is 79.9. The Labute approximate surface area is 56.1 Å². The number of amides is 1. The molecule has 1 heterocycles. The van der Waals surface area contributed by atoms with Crippen LogP contribution in [0.4, 0.5) is 0 Å². The van der Waals surface area contributed by atoms with Crippen molar-refractivity contribution in [2.24, 2.45) is 0 Å². The highest BCUT2D eigenvalue weighted by Gasteiger charge is 2.16. The fourth-order valence-electron chi connectivity index (χ4n) is 0.639. The molecule has 46 valence electrons. The molecular formula is C4H7BrN2O. The van der Waals surface area contributed by atoms with Crippen LogP contribution in [-0.2, 0) is 4.79 Å². The van der Waals surface area contributed by atoms with Crippen molar-refractivity contribution in [3.05, 3.63) is 0 Å². The molecule has 3 nitrogen and oxygen atoms in total. The number of rotatable bonds is 1. The molecule has 8 heavy (non-hydrogen) atoms. The Hall–Kier alpha value is -0.0900. The molecule has 0 aliphatic carbocycles. The molecule has 1 rings (SSSR count). The number of alkyl halides is 1. The molecule has 1 aliphatic rings. The molecule has 0 bridgehead atoms. The van der Waals surface area contributed by atoms with E-state index in [-0.39, 0.29) is 0 Å². The average Bonchev–Trinajstić information content (AvgIpc) is 2.14. The minimum atomic E-state index is 0.424. The average molecular weight is 179 g/mol. The minimum Gasteiger partial charge on any atom is -0.279 e. The van der Waals surface area contributed by atoms with Crippen LogP contribution in [0.25, 0.3) is 0 Å². The van der Waals surface area contributed by atoms with E-state index in [0.29, 0.717) is 4.83 Å². The SMILES string of the molecule is O=CN1CC(Br)CN1. The molecular weight excluding hydrogens is 172 g/mol. The first-order valence-electron chi connectivity index (χ1n) is 2.42. The molecule has 1 N–H and O–H groups in total. The molecule has 0 aromatic heterocycles. The molecule has 0 aromatic rings. The van der Waals surface area contributed by atoms with Gasteiger partial charge in [0.2, 0.25) is 6.41 Å². The highest BCUT2D eigenvalue weighted by molar-refractivity contribution is 9.09. The summed E-state index contributed by atoms with van der Waals surface area (Å²) in [7, 11) is 0. The van der Waals surface area contributed by atoms with Crippen LogP contribution in [-0.4, -0.2) is 29.3 Å². The maximum Gasteiger partial charge on any atom is 0.223 e. The minimum absolute atomic E-state index is 0.424. The van der Waals surface area contributed by atoms with E-state index >= 15 is 0 Å². The maximum atomic E-state index is 10.00. The summed E-state index contributed by atoms with van der Waals surface area (Å²) in [6, 6.07) is 0. The van der Waals surface area contributed by atoms with E-state index in [1.54, 1.807) is 0 Å². The topological polar surface area (TPSA) is 32.3 Å². The second-order valence-corrected chi connectivity index (χ2v) is 3.01. The molecule has 1 amide bonds. The number of hydrogen-bond acceptors (Lipinski definition) is 2. The lowest BCUT2D eigenvalue weighted by atomic mass is 10.5. The Morgan fingerprint density at radius 2 is 2.62 bits per heavy atom. The first kappa shape index (κ1) is 6.04. The van der Waals surface area contributed by atoms with Gasteiger partial charge in [0.25, 0.3) is 0 Å². The Kier molecular flexibility index (Phi) is 1.85. The second kappa shape index (κ2) is 2.46. The van der Waals surface area contributed by atoms with Crippen molar-refractivity contribution < 1.29 is 4.79 Å². The molecule has 1 aliphatic heterocycles. The highest BCUT2D eigenvalue weighted by Crippen LogP contribution is 2.04. The van der Waals surface area contributed by atoms with Gasteiger partial charge < -0.3 is 0 Å². The van der Waals surface area contributed by atoms with Crippen LogP contribution in [0.2, 0.25) is 0 Å². The molecule has 1 saturated heterocycles. The zero-order valence-electron chi connectivity index (χ0n) is 4.30. The monoisotopic (exact) mass is 178 g/mol. The largest absolute Gasteiger partial charge is 0.279 e. The number of nitrogens with one attached hydrogen (secondary N) is 1. The van der Waals surface area contributed by atoms with Crippen LogP contribution in [0.5, 0.6) is 0 Å². The van der Waals surface area contributed by atoms with Crippen molar-refractivity contribution in [3.8, 4) is 0 Å². The maximum absolute atomic E-state index is 10.00. The summed E-state index contributed by atoms with van der Waals surface area (Å²) in [5, 5.41) is 1.53. The van der Waals surface area contributed by atoms with Gasteiger partial charge in [0.05, 0.1) is 6.54 Å². The van der Waals surface area contributed by atoms with Crippen LogP contribution >= 0.6 is 15.9 Å². The summed E-state index contributed by atoms with van der Waals surface area (Å²) >= 11 is 3.36. The first-order valence-corrected chi connectivity index (χ1v) is 3.34. The van der Waals surface area contributed by atoms with Crippen molar-refractivity contribution in [2.45, 2.75) is 4.83 Å². The molecule has 0 spiro atoms. The van der Waals surface area contributed by atoms with Gasteiger partial charge in [-0.3, -0.25) is 9.80 Å². The smallest absolute Gasteiger partial charge is 0.223 e. The van der Waals surface area contributed by atoms with Crippen LogP contribution < -0.4 is 5.43 Å². The first-order chi connectivity index (χ1) is 3.83. The fourth-order valence-corrected chi connectivity index (χ4v) is 1.10. The van der Waals surface area contributed by atoms with Gasteiger partial charge in [0.1, 0.15) is 0 Å². The molecule has 4 heteroatoms. The van der Waals surface area contributed by atoms with Crippen molar-refractivity contribution in [1.82, 2.24) is 10.4 Å². The van der Waals surface area contributed by atoms with E-state index in [0.717, 1.165) is 19.5 Å². The molecule has 0 saturated carbocycles. The summed E-state index contributed by atoms with van der Waals surface area (Å²) in [6.45, 7) is 1.61. The van der Waals surface area contributed by atoms with Gasteiger partial charge in [-0.1, -0.05) is 15.9 Å².